The number of aromatic nitrogens is 2. The first-order valence-electron chi connectivity index (χ1n) is 6.96. The van der Waals surface area contributed by atoms with Gasteiger partial charge in [-0.2, -0.15) is 0 Å². The lowest BCUT2D eigenvalue weighted by atomic mass is 10.1. The van der Waals surface area contributed by atoms with Crippen LogP contribution >= 0.6 is 11.8 Å². The van der Waals surface area contributed by atoms with Crippen LogP contribution in [0.15, 0.2) is 57.0 Å². The zero-order chi connectivity index (χ0) is 18.0. The fourth-order valence-electron chi connectivity index (χ4n) is 2.12. The molecule has 0 saturated carbocycles. The molecule has 0 spiro atoms. The topological polar surface area (TPSA) is 125 Å². The van der Waals surface area contributed by atoms with Gasteiger partial charge in [0, 0.05) is 11.6 Å². The molecule has 0 saturated heterocycles. The third-order valence-corrected chi connectivity index (χ3v) is 4.23. The quantitative estimate of drug-likeness (QED) is 0.494. The molecule has 9 nitrogen and oxygen atoms in total. The summed E-state index contributed by atoms with van der Waals surface area (Å²) in [7, 11) is 0. The first-order chi connectivity index (χ1) is 12.0. The van der Waals surface area contributed by atoms with E-state index in [0.29, 0.717) is 5.89 Å². The first kappa shape index (κ1) is 16.6. The van der Waals surface area contributed by atoms with Crippen LogP contribution in [-0.2, 0) is 0 Å². The fraction of sp³-hybridized carbons (Fsp3) is 0.0667. The molecule has 10 heteroatoms. The predicted molar refractivity (Wildman–Crippen MR) is 88.3 cm³/mol. The van der Waals surface area contributed by atoms with Gasteiger partial charge in [-0.05, 0) is 36.4 Å². The largest absolute Gasteiger partial charge is 0.411 e. The van der Waals surface area contributed by atoms with E-state index >= 15 is 0 Å². The molecule has 0 aliphatic carbocycles. The zero-order valence-electron chi connectivity index (χ0n) is 12.8. The van der Waals surface area contributed by atoms with Gasteiger partial charge in [0.05, 0.1) is 20.8 Å². The highest BCUT2D eigenvalue weighted by Crippen LogP contribution is 2.37. The van der Waals surface area contributed by atoms with Crippen LogP contribution in [0.5, 0.6) is 0 Å². The van der Waals surface area contributed by atoms with Crippen LogP contribution in [0.2, 0.25) is 0 Å². The Morgan fingerprint density at radius 1 is 1.04 bits per heavy atom. The lowest BCUT2D eigenvalue weighted by Crippen LogP contribution is -1.94. The van der Waals surface area contributed by atoms with Gasteiger partial charge in [-0.1, -0.05) is 18.2 Å². The molecule has 0 aliphatic rings. The van der Waals surface area contributed by atoms with Crippen LogP contribution in [-0.4, -0.2) is 20.0 Å². The van der Waals surface area contributed by atoms with Gasteiger partial charge in [-0.25, -0.2) is 0 Å². The Hall–Kier alpha value is -3.27. The highest BCUT2D eigenvalue weighted by atomic mass is 32.2. The molecule has 3 aromatic rings. The second-order valence-corrected chi connectivity index (χ2v) is 5.95. The Morgan fingerprint density at radius 2 is 1.80 bits per heavy atom. The van der Waals surface area contributed by atoms with Crippen molar-refractivity contribution in [2.24, 2.45) is 0 Å². The summed E-state index contributed by atoms with van der Waals surface area (Å²) in [6.45, 7) is 1.90. The molecule has 1 heterocycles. The molecule has 3 rings (SSSR count). The zero-order valence-corrected chi connectivity index (χ0v) is 13.6. The van der Waals surface area contributed by atoms with E-state index < -0.39 is 15.5 Å². The number of hydrogen-bond donors (Lipinski definition) is 0. The van der Waals surface area contributed by atoms with Crippen molar-refractivity contribution < 1.29 is 14.3 Å². The number of nitrogens with zero attached hydrogens (tertiary/aromatic N) is 4. The molecule has 0 atom stereocenters. The van der Waals surface area contributed by atoms with Gasteiger partial charge < -0.3 is 4.42 Å². The third kappa shape index (κ3) is 3.48. The average molecular weight is 358 g/mol. The second-order valence-electron chi connectivity index (χ2n) is 4.96. The van der Waals surface area contributed by atoms with E-state index in [4.69, 9.17) is 4.42 Å². The minimum absolute atomic E-state index is 0.107. The number of benzene rings is 2. The molecular weight excluding hydrogens is 348 g/mol. The SMILES string of the molecule is Cc1ccccc1-c1nnc(Sc2ccc([N+](=O)[O-])cc2[N+](=O)[O-])o1. The Bertz CT molecular complexity index is 972. The number of hydrogen-bond acceptors (Lipinski definition) is 8. The molecule has 0 N–H and O–H groups in total. The Kier molecular flexibility index (Phi) is 4.44. The Morgan fingerprint density at radius 3 is 2.48 bits per heavy atom. The summed E-state index contributed by atoms with van der Waals surface area (Å²) >= 11 is 0.880. The van der Waals surface area contributed by atoms with Crippen molar-refractivity contribution in [1.82, 2.24) is 10.2 Å². The molecule has 0 unspecified atom stereocenters. The maximum Gasteiger partial charge on any atom is 0.290 e. The molecular formula is C15H10N4O5S. The standard InChI is InChI=1S/C15H10N4O5S/c1-9-4-2-3-5-11(9)14-16-17-15(24-14)25-13-7-6-10(18(20)21)8-12(13)19(22)23/h2-8H,1H3. The summed E-state index contributed by atoms with van der Waals surface area (Å²) in [6, 6.07) is 10.8. The average Bonchev–Trinajstić information content (AvgIpc) is 3.03. The first-order valence-corrected chi connectivity index (χ1v) is 7.77. The number of aryl methyl sites for hydroxylation is 1. The van der Waals surface area contributed by atoms with E-state index in [9.17, 15) is 20.2 Å². The van der Waals surface area contributed by atoms with Crippen LogP contribution < -0.4 is 0 Å². The summed E-state index contributed by atoms with van der Waals surface area (Å²) in [5.41, 5.74) is 0.959. The van der Waals surface area contributed by atoms with Gasteiger partial charge in [0.2, 0.25) is 5.89 Å². The fourth-order valence-corrected chi connectivity index (χ4v) is 2.88. The van der Waals surface area contributed by atoms with Gasteiger partial charge in [-0.15, -0.1) is 10.2 Å². The van der Waals surface area contributed by atoms with E-state index in [0.717, 1.165) is 29.0 Å². The Balaban J connectivity index is 1.92. The molecule has 25 heavy (non-hydrogen) atoms. The van der Waals surface area contributed by atoms with E-state index in [1.54, 1.807) is 0 Å². The van der Waals surface area contributed by atoms with Gasteiger partial charge in [0.25, 0.3) is 16.6 Å². The maximum absolute atomic E-state index is 11.2. The second kappa shape index (κ2) is 6.69. The normalized spacial score (nSPS) is 10.6. The van der Waals surface area contributed by atoms with Crippen LogP contribution in [0, 0.1) is 27.2 Å². The number of nitro groups is 2. The minimum Gasteiger partial charge on any atom is -0.411 e. The van der Waals surface area contributed by atoms with E-state index in [-0.39, 0.29) is 15.8 Å². The number of non-ortho nitro benzene ring substituents is 1. The maximum atomic E-state index is 11.2. The van der Waals surface area contributed by atoms with Gasteiger partial charge in [0.15, 0.2) is 0 Å². The highest BCUT2D eigenvalue weighted by molar-refractivity contribution is 7.99. The molecule has 126 valence electrons. The van der Waals surface area contributed by atoms with Crippen molar-refractivity contribution in [3.8, 4) is 11.5 Å². The number of rotatable bonds is 5. The molecule has 0 radical (unpaired) electrons. The third-order valence-electron chi connectivity index (χ3n) is 3.33. The molecule has 0 amide bonds. The van der Waals surface area contributed by atoms with Crippen molar-refractivity contribution in [2.45, 2.75) is 17.0 Å². The number of nitro benzene ring substituents is 2. The molecule has 2 aromatic carbocycles. The van der Waals surface area contributed by atoms with Crippen molar-refractivity contribution >= 4 is 23.1 Å². The lowest BCUT2D eigenvalue weighted by molar-refractivity contribution is -0.396. The van der Waals surface area contributed by atoms with Crippen LogP contribution in [0.1, 0.15) is 5.56 Å². The molecule has 0 bridgehead atoms. The summed E-state index contributed by atoms with van der Waals surface area (Å²) in [5.74, 6) is 0.296. The summed E-state index contributed by atoms with van der Waals surface area (Å²) < 4.78 is 5.55. The van der Waals surface area contributed by atoms with Crippen molar-refractivity contribution in [3.63, 3.8) is 0 Å². The summed E-state index contributed by atoms with van der Waals surface area (Å²) in [6.07, 6.45) is 0. The van der Waals surface area contributed by atoms with Crippen LogP contribution in [0.3, 0.4) is 0 Å². The van der Waals surface area contributed by atoms with Crippen LogP contribution in [0.4, 0.5) is 11.4 Å². The van der Waals surface area contributed by atoms with Crippen LogP contribution in [0.25, 0.3) is 11.5 Å². The van der Waals surface area contributed by atoms with E-state index in [2.05, 4.69) is 10.2 Å². The molecule has 0 aliphatic heterocycles. The monoisotopic (exact) mass is 358 g/mol. The summed E-state index contributed by atoms with van der Waals surface area (Å²) in [4.78, 5) is 20.7. The van der Waals surface area contributed by atoms with Gasteiger partial charge in [0.1, 0.15) is 0 Å². The summed E-state index contributed by atoms with van der Waals surface area (Å²) in [5, 5.41) is 29.9. The van der Waals surface area contributed by atoms with E-state index in [1.165, 1.54) is 12.1 Å². The van der Waals surface area contributed by atoms with Gasteiger partial charge in [-0.3, -0.25) is 20.2 Å². The van der Waals surface area contributed by atoms with Crippen molar-refractivity contribution in [2.75, 3.05) is 0 Å². The molecule has 0 fully saturated rings. The lowest BCUT2D eigenvalue weighted by Gasteiger charge is -2.00. The van der Waals surface area contributed by atoms with Crippen molar-refractivity contribution in [1.29, 1.82) is 0 Å². The highest BCUT2D eigenvalue weighted by Gasteiger charge is 2.22. The molecule has 1 aromatic heterocycles. The minimum atomic E-state index is -0.690. The smallest absolute Gasteiger partial charge is 0.290 e. The van der Waals surface area contributed by atoms with E-state index in [1.807, 2.05) is 31.2 Å². The van der Waals surface area contributed by atoms with Gasteiger partial charge >= 0.3 is 0 Å². The Labute approximate surface area is 145 Å². The predicted octanol–water partition coefficient (Wildman–Crippen LogP) is 4.01. The van der Waals surface area contributed by atoms with Crippen molar-refractivity contribution in [3.05, 3.63) is 68.3 Å².